The zero-order valence-corrected chi connectivity index (χ0v) is 8.51. The van der Waals surface area contributed by atoms with Crippen LogP contribution >= 0.6 is 0 Å². The van der Waals surface area contributed by atoms with Crippen LogP contribution in [0.3, 0.4) is 0 Å². The molecule has 2 amide bonds. The van der Waals surface area contributed by atoms with E-state index in [-0.39, 0.29) is 24.4 Å². The van der Waals surface area contributed by atoms with Gasteiger partial charge in [-0.1, -0.05) is 5.11 Å². The number of carbonyl (C=O) groups excluding carboxylic acids is 2. The van der Waals surface area contributed by atoms with E-state index in [0.29, 0.717) is 19.5 Å². The molecule has 0 aromatic rings. The van der Waals surface area contributed by atoms with E-state index in [2.05, 4.69) is 15.3 Å². The summed E-state index contributed by atoms with van der Waals surface area (Å²) in [6.45, 7) is 2.94. The molecule has 0 saturated carbocycles. The minimum Gasteiger partial charge on any atom is -0.294 e. The van der Waals surface area contributed by atoms with Gasteiger partial charge in [0.1, 0.15) is 0 Å². The highest BCUT2D eigenvalue weighted by molar-refractivity contribution is 6.00. The molecule has 1 aliphatic heterocycles. The highest BCUT2D eigenvalue weighted by Gasteiger charge is 2.29. The Morgan fingerprint density at radius 3 is 3.07 bits per heavy atom. The zero-order chi connectivity index (χ0) is 11.3. The lowest BCUT2D eigenvalue weighted by atomic mass is 10.2. The van der Waals surface area contributed by atoms with Crippen molar-refractivity contribution in [1.82, 2.24) is 10.2 Å². The third-order valence-corrected chi connectivity index (χ3v) is 2.30. The van der Waals surface area contributed by atoms with E-state index in [1.54, 1.807) is 11.8 Å². The molecular weight excluding hydrogens is 198 g/mol. The van der Waals surface area contributed by atoms with Gasteiger partial charge in [-0.25, -0.2) is 0 Å². The Kier molecular flexibility index (Phi) is 4.08. The summed E-state index contributed by atoms with van der Waals surface area (Å²) in [5.74, 6) is -0.545. The smallest absolute Gasteiger partial charge is 0.243 e. The van der Waals surface area contributed by atoms with Gasteiger partial charge in [-0.3, -0.25) is 19.8 Å². The first-order valence-corrected chi connectivity index (χ1v) is 4.73. The Balaban J connectivity index is 2.41. The van der Waals surface area contributed by atoms with Crippen LogP contribution in [0.1, 0.15) is 13.3 Å². The van der Waals surface area contributed by atoms with Crippen LogP contribution in [0, 0.1) is 0 Å². The molecule has 7 nitrogen and oxygen atoms in total. The van der Waals surface area contributed by atoms with Gasteiger partial charge in [0.05, 0.1) is 12.6 Å². The molecule has 15 heavy (non-hydrogen) atoms. The first-order chi connectivity index (χ1) is 7.15. The summed E-state index contributed by atoms with van der Waals surface area (Å²) >= 11 is 0. The molecule has 0 spiro atoms. The Labute approximate surface area is 87.1 Å². The predicted molar refractivity (Wildman–Crippen MR) is 52.8 cm³/mol. The quantitative estimate of drug-likeness (QED) is 0.233. The summed E-state index contributed by atoms with van der Waals surface area (Å²) in [5, 5.41) is 5.65. The number of piperazine rings is 1. The maximum absolute atomic E-state index is 11.2. The SMILES string of the molecule is CC1C(=O)NC(=O)CN1CCCN=[N+]=[N-]. The van der Waals surface area contributed by atoms with Gasteiger partial charge in [-0.05, 0) is 25.4 Å². The van der Waals surface area contributed by atoms with Crippen molar-refractivity contribution in [2.24, 2.45) is 5.11 Å². The van der Waals surface area contributed by atoms with Gasteiger partial charge in [0.2, 0.25) is 11.8 Å². The number of nitrogens with one attached hydrogen (secondary N) is 1. The molecular formula is C8H13N5O2. The van der Waals surface area contributed by atoms with Crippen LogP contribution in [0.2, 0.25) is 0 Å². The minimum atomic E-state index is -0.297. The number of azide groups is 1. The number of imide groups is 1. The molecule has 0 aliphatic carbocycles. The van der Waals surface area contributed by atoms with Crippen LogP contribution < -0.4 is 5.32 Å². The Hall–Kier alpha value is -1.59. The lowest BCUT2D eigenvalue weighted by molar-refractivity contribution is -0.139. The average molecular weight is 211 g/mol. The molecule has 0 radical (unpaired) electrons. The number of amides is 2. The van der Waals surface area contributed by atoms with E-state index < -0.39 is 0 Å². The molecule has 1 fully saturated rings. The van der Waals surface area contributed by atoms with E-state index in [1.807, 2.05) is 0 Å². The third-order valence-electron chi connectivity index (χ3n) is 2.30. The van der Waals surface area contributed by atoms with E-state index in [9.17, 15) is 9.59 Å². The molecule has 1 saturated heterocycles. The number of rotatable bonds is 4. The van der Waals surface area contributed by atoms with Crippen molar-refractivity contribution in [3.63, 3.8) is 0 Å². The van der Waals surface area contributed by atoms with Crippen molar-refractivity contribution >= 4 is 11.8 Å². The van der Waals surface area contributed by atoms with Gasteiger partial charge in [0.25, 0.3) is 0 Å². The first kappa shape index (κ1) is 11.5. The first-order valence-electron chi connectivity index (χ1n) is 4.73. The number of hydrogen-bond donors (Lipinski definition) is 1. The zero-order valence-electron chi connectivity index (χ0n) is 8.51. The maximum atomic E-state index is 11.2. The molecule has 1 N–H and O–H groups in total. The van der Waals surface area contributed by atoms with Gasteiger partial charge in [-0.2, -0.15) is 0 Å². The van der Waals surface area contributed by atoms with Gasteiger partial charge in [0, 0.05) is 11.5 Å². The molecule has 7 heteroatoms. The van der Waals surface area contributed by atoms with Gasteiger partial charge in [0.15, 0.2) is 0 Å². The maximum Gasteiger partial charge on any atom is 0.243 e. The summed E-state index contributed by atoms with van der Waals surface area (Å²) in [6.07, 6.45) is 0.648. The molecule has 1 unspecified atom stereocenters. The highest BCUT2D eigenvalue weighted by atomic mass is 16.2. The number of nitrogens with zero attached hydrogens (tertiary/aromatic N) is 4. The molecule has 1 aliphatic rings. The fourth-order valence-corrected chi connectivity index (χ4v) is 1.43. The van der Waals surface area contributed by atoms with Crippen LogP contribution in [0.5, 0.6) is 0 Å². The van der Waals surface area contributed by atoms with Gasteiger partial charge >= 0.3 is 0 Å². The van der Waals surface area contributed by atoms with E-state index in [4.69, 9.17) is 5.53 Å². The van der Waals surface area contributed by atoms with Gasteiger partial charge in [-0.15, -0.1) is 0 Å². The fourth-order valence-electron chi connectivity index (χ4n) is 1.43. The van der Waals surface area contributed by atoms with Crippen molar-refractivity contribution in [3.8, 4) is 0 Å². The second-order valence-corrected chi connectivity index (χ2v) is 3.37. The molecule has 0 bridgehead atoms. The van der Waals surface area contributed by atoms with E-state index >= 15 is 0 Å². The van der Waals surface area contributed by atoms with Crippen molar-refractivity contribution in [2.75, 3.05) is 19.6 Å². The lowest BCUT2D eigenvalue weighted by Crippen LogP contribution is -2.56. The topological polar surface area (TPSA) is 98.2 Å². The molecule has 1 heterocycles. The van der Waals surface area contributed by atoms with Crippen molar-refractivity contribution < 1.29 is 9.59 Å². The van der Waals surface area contributed by atoms with E-state index in [0.717, 1.165) is 0 Å². The van der Waals surface area contributed by atoms with Gasteiger partial charge < -0.3 is 0 Å². The summed E-state index contributed by atoms with van der Waals surface area (Å²) in [7, 11) is 0. The lowest BCUT2D eigenvalue weighted by Gasteiger charge is -2.31. The minimum absolute atomic E-state index is 0.225. The molecule has 1 rings (SSSR count). The normalized spacial score (nSPS) is 22.1. The fraction of sp³-hybridized carbons (Fsp3) is 0.750. The Morgan fingerprint density at radius 2 is 2.40 bits per heavy atom. The summed E-state index contributed by atoms with van der Waals surface area (Å²) in [6, 6.07) is -0.297. The van der Waals surface area contributed by atoms with Crippen molar-refractivity contribution in [2.45, 2.75) is 19.4 Å². The van der Waals surface area contributed by atoms with Crippen molar-refractivity contribution in [3.05, 3.63) is 10.4 Å². The second-order valence-electron chi connectivity index (χ2n) is 3.37. The highest BCUT2D eigenvalue weighted by Crippen LogP contribution is 2.05. The van der Waals surface area contributed by atoms with Crippen LogP contribution in [0.25, 0.3) is 10.4 Å². The number of hydrogen-bond acceptors (Lipinski definition) is 4. The Morgan fingerprint density at radius 1 is 1.67 bits per heavy atom. The van der Waals surface area contributed by atoms with E-state index in [1.165, 1.54) is 0 Å². The van der Waals surface area contributed by atoms with Crippen LogP contribution in [-0.2, 0) is 9.59 Å². The monoisotopic (exact) mass is 211 g/mol. The van der Waals surface area contributed by atoms with Crippen LogP contribution in [0.4, 0.5) is 0 Å². The second kappa shape index (κ2) is 5.33. The molecule has 82 valence electrons. The number of carbonyl (C=O) groups is 2. The molecule has 0 aromatic heterocycles. The standard InChI is InChI=1S/C8H13N5O2/c1-6-8(15)11-7(14)5-13(6)4-2-3-10-12-9/h6H,2-5H2,1H3,(H,11,14,15). The summed E-state index contributed by atoms with van der Waals surface area (Å²) in [4.78, 5) is 26.7. The largest absolute Gasteiger partial charge is 0.294 e. The third kappa shape index (κ3) is 3.23. The van der Waals surface area contributed by atoms with Crippen molar-refractivity contribution in [1.29, 1.82) is 0 Å². The average Bonchev–Trinajstić information content (AvgIpc) is 2.19. The van der Waals surface area contributed by atoms with Crippen LogP contribution in [-0.4, -0.2) is 42.4 Å². The predicted octanol–water partition coefficient (Wildman–Crippen LogP) is 0.0337. The Bertz CT molecular complexity index is 310. The molecule has 1 atom stereocenters. The molecule has 0 aromatic carbocycles. The summed E-state index contributed by atoms with van der Waals surface area (Å²) < 4.78 is 0. The summed E-state index contributed by atoms with van der Waals surface area (Å²) in [5.41, 5.74) is 8.07. The van der Waals surface area contributed by atoms with Crippen LogP contribution in [0.15, 0.2) is 5.11 Å².